The van der Waals surface area contributed by atoms with Crippen LogP contribution in [0.2, 0.25) is 0 Å². The third kappa shape index (κ3) is 5.87. The van der Waals surface area contributed by atoms with Crippen molar-refractivity contribution in [3.8, 4) is 11.5 Å². The molecule has 0 aliphatic carbocycles. The minimum atomic E-state index is 0.510. The number of hydrogen-bond acceptors (Lipinski definition) is 3. The number of hydrogen-bond donors (Lipinski definition) is 1. The van der Waals surface area contributed by atoms with Crippen LogP contribution in [0.15, 0.2) is 16.6 Å². The predicted octanol–water partition coefficient (Wildman–Crippen LogP) is 4.77. The molecule has 0 heterocycles. The van der Waals surface area contributed by atoms with Crippen molar-refractivity contribution < 1.29 is 9.47 Å². The first-order chi connectivity index (χ1) is 10.0. The van der Waals surface area contributed by atoms with Crippen molar-refractivity contribution in [3.63, 3.8) is 0 Å². The fourth-order valence-electron chi connectivity index (χ4n) is 2.31. The quantitative estimate of drug-likeness (QED) is 0.690. The Labute approximate surface area is 137 Å². The second-order valence-electron chi connectivity index (χ2n) is 5.57. The number of ether oxygens (including phenoxy) is 2. The summed E-state index contributed by atoms with van der Waals surface area (Å²) in [5, 5.41) is 3.58. The Morgan fingerprint density at radius 1 is 1.24 bits per heavy atom. The van der Waals surface area contributed by atoms with E-state index in [2.05, 4.69) is 48.1 Å². The van der Waals surface area contributed by atoms with Gasteiger partial charge in [0, 0.05) is 12.6 Å². The summed E-state index contributed by atoms with van der Waals surface area (Å²) < 4.78 is 12.0. The summed E-state index contributed by atoms with van der Waals surface area (Å²) in [5.74, 6) is 2.31. The fraction of sp³-hybridized carbons (Fsp3) is 0.647. The lowest BCUT2D eigenvalue weighted by atomic mass is 10.0. The molecule has 0 saturated heterocycles. The maximum atomic E-state index is 5.61. The fourth-order valence-corrected chi connectivity index (χ4v) is 2.91. The zero-order valence-corrected chi connectivity index (χ0v) is 15.4. The summed E-state index contributed by atoms with van der Waals surface area (Å²) in [5.41, 5.74) is 1.19. The zero-order chi connectivity index (χ0) is 15.8. The molecule has 120 valence electrons. The molecule has 2 unspecified atom stereocenters. The van der Waals surface area contributed by atoms with E-state index in [0.29, 0.717) is 12.6 Å². The lowest BCUT2D eigenvalue weighted by Gasteiger charge is -2.18. The van der Waals surface area contributed by atoms with Gasteiger partial charge in [-0.25, -0.2) is 0 Å². The molecule has 1 rings (SSSR count). The predicted molar refractivity (Wildman–Crippen MR) is 92.2 cm³/mol. The Morgan fingerprint density at radius 2 is 1.95 bits per heavy atom. The third-order valence-corrected chi connectivity index (χ3v) is 4.27. The Balaban J connectivity index is 2.69. The Morgan fingerprint density at radius 3 is 2.52 bits per heavy atom. The smallest absolute Gasteiger partial charge is 0.175 e. The summed E-state index contributed by atoms with van der Waals surface area (Å²) >= 11 is 3.57. The molecule has 2 atom stereocenters. The molecule has 0 aliphatic rings. The van der Waals surface area contributed by atoms with Crippen LogP contribution in [0.25, 0.3) is 0 Å². The molecule has 3 nitrogen and oxygen atoms in total. The minimum Gasteiger partial charge on any atom is -0.493 e. The highest BCUT2D eigenvalue weighted by atomic mass is 79.9. The van der Waals surface area contributed by atoms with Gasteiger partial charge in [-0.1, -0.05) is 20.3 Å². The number of rotatable bonds is 9. The number of benzene rings is 1. The summed E-state index contributed by atoms with van der Waals surface area (Å²) in [6.45, 7) is 10.2. The highest BCUT2D eigenvalue weighted by Crippen LogP contribution is 2.36. The standard InChI is InChI=1S/C17H28BrNO2/c1-6-12(3)8-13(4)19-11-14-9-15(18)17(21-7-2)16(10-14)20-5/h9-10,12-13,19H,6-8,11H2,1-5H3. The van der Waals surface area contributed by atoms with E-state index in [1.54, 1.807) is 7.11 Å². The molecule has 0 aromatic heterocycles. The van der Waals surface area contributed by atoms with E-state index >= 15 is 0 Å². The van der Waals surface area contributed by atoms with E-state index < -0.39 is 0 Å². The first kappa shape index (κ1) is 18.3. The van der Waals surface area contributed by atoms with Crippen LogP contribution in [0.3, 0.4) is 0 Å². The van der Waals surface area contributed by atoms with Gasteiger partial charge >= 0.3 is 0 Å². The summed E-state index contributed by atoms with van der Waals surface area (Å²) in [7, 11) is 1.67. The highest BCUT2D eigenvalue weighted by Gasteiger charge is 2.12. The second kappa shape index (κ2) is 9.31. The molecule has 0 saturated carbocycles. The van der Waals surface area contributed by atoms with E-state index in [9.17, 15) is 0 Å². The SMILES string of the molecule is CCOc1c(Br)cc(CNC(C)CC(C)CC)cc1OC. The Hall–Kier alpha value is -0.740. The highest BCUT2D eigenvalue weighted by molar-refractivity contribution is 9.10. The monoisotopic (exact) mass is 357 g/mol. The molecule has 0 spiro atoms. The topological polar surface area (TPSA) is 30.5 Å². The molecule has 1 N–H and O–H groups in total. The molecule has 0 aliphatic heterocycles. The van der Waals surface area contributed by atoms with Gasteiger partial charge in [-0.05, 0) is 59.8 Å². The molecular weight excluding hydrogens is 330 g/mol. The van der Waals surface area contributed by atoms with Crippen LogP contribution in [-0.4, -0.2) is 19.8 Å². The Bertz CT molecular complexity index is 437. The van der Waals surface area contributed by atoms with Crippen LogP contribution >= 0.6 is 15.9 Å². The van der Waals surface area contributed by atoms with Crippen molar-refractivity contribution in [3.05, 3.63) is 22.2 Å². The van der Waals surface area contributed by atoms with Gasteiger partial charge in [-0.2, -0.15) is 0 Å². The van der Waals surface area contributed by atoms with E-state index in [0.717, 1.165) is 28.4 Å². The summed E-state index contributed by atoms with van der Waals surface area (Å²) in [6.07, 6.45) is 2.43. The number of nitrogens with one attached hydrogen (secondary N) is 1. The van der Waals surface area contributed by atoms with Gasteiger partial charge in [0.2, 0.25) is 0 Å². The van der Waals surface area contributed by atoms with E-state index in [1.165, 1.54) is 18.4 Å². The molecule has 4 heteroatoms. The molecule has 0 amide bonds. The van der Waals surface area contributed by atoms with Crippen molar-refractivity contribution in [2.45, 2.75) is 53.1 Å². The largest absolute Gasteiger partial charge is 0.493 e. The van der Waals surface area contributed by atoms with Crippen molar-refractivity contribution in [2.24, 2.45) is 5.92 Å². The van der Waals surface area contributed by atoms with Crippen molar-refractivity contribution in [2.75, 3.05) is 13.7 Å². The van der Waals surface area contributed by atoms with Crippen molar-refractivity contribution in [1.29, 1.82) is 0 Å². The van der Waals surface area contributed by atoms with Crippen LogP contribution < -0.4 is 14.8 Å². The first-order valence-electron chi connectivity index (χ1n) is 7.74. The van der Waals surface area contributed by atoms with Crippen molar-refractivity contribution in [1.82, 2.24) is 5.32 Å². The van der Waals surface area contributed by atoms with Crippen LogP contribution in [0, 0.1) is 5.92 Å². The van der Waals surface area contributed by atoms with Crippen LogP contribution in [-0.2, 0) is 6.54 Å². The van der Waals surface area contributed by atoms with Gasteiger partial charge in [0.15, 0.2) is 11.5 Å². The van der Waals surface area contributed by atoms with E-state index in [1.807, 2.05) is 13.0 Å². The number of methoxy groups -OCH3 is 1. The first-order valence-corrected chi connectivity index (χ1v) is 8.53. The molecule has 1 aromatic rings. The average molecular weight is 358 g/mol. The van der Waals surface area contributed by atoms with E-state index in [-0.39, 0.29) is 0 Å². The number of halogens is 1. The van der Waals surface area contributed by atoms with Gasteiger partial charge < -0.3 is 14.8 Å². The lowest BCUT2D eigenvalue weighted by molar-refractivity contribution is 0.308. The van der Waals surface area contributed by atoms with Gasteiger partial charge in [0.05, 0.1) is 18.2 Å². The molecular formula is C17H28BrNO2. The van der Waals surface area contributed by atoms with E-state index in [4.69, 9.17) is 9.47 Å². The van der Waals surface area contributed by atoms with Gasteiger partial charge in [0.25, 0.3) is 0 Å². The Kier molecular flexibility index (Phi) is 8.12. The average Bonchev–Trinajstić information content (AvgIpc) is 2.47. The second-order valence-corrected chi connectivity index (χ2v) is 6.43. The summed E-state index contributed by atoms with van der Waals surface area (Å²) in [6, 6.07) is 4.64. The van der Waals surface area contributed by atoms with Crippen LogP contribution in [0.5, 0.6) is 11.5 Å². The zero-order valence-electron chi connectivity index (χ0n) is 13.8. The maximum Gasteiger partial charge on any atom is 0.175 e. The van der Waals surface area contributed by atoms with Gasteiger partial charge in [0.1, 0.15) is 0 Å². The van der Waals surface area contributed by atoms with Gasteiger partial charge in [-0.3, -0.25) is 0 Å². The normalized spacial score (nSPS) is 13.8. The van der Waals surface area contributed by atoms with Crippen molar-refractivity contribution >= 4 is 15.9 Å². The van der Waals surface area contributed by atoms with Gasteiger partial charge in [-0.15, -0.1) is 0 Å². The maximum absolute atomic E-state index is 5.61. The summed E-state index contributed by atoms with van der Waals surface area (Å²) in [4.78, 5) is 0. The minimum absolute atomic E-state index is 0.510. The lowest BCUT2D eigenvalue weighted by Crippen LogP contribution is -2.27. The molecule has 0 radical (unpaired) electrons. The van der Waals surface area contributed by atoms with Crippen LogP contribution in [0.4, 0.5) is 0 Å². The molecule has 1 aromatic carbocycles. The molecule has 21 heavy (non-hydrogen) atoms. The third-order valence-electron chi connectivity index (χ3n) is 3.69. The molecule has 0 fully saturated rings. The van der Waals surface area contributed by atoms with Crippen LogP contribution in [0.1, 0.15) is 46.1 Å². The molecule has 0 bridgehead atoms.